The molecular weight excluding hydrogens is 252 g/mol. The van der Waals surface area contributed by atoms with E-state index in [0.29, 0.717) is 5.92 Å². The van der Waals surface area contributed by atoms with Crippen LogP contribution in [0.25, 0.3) is 0 Å². The molecule has 1 aromatic rings. The van der Waals surface area contributed by atoms with Crippen LogP contribution in [0.2, 0.25) is 0 Å². The van der Waals surface area contributed by atoms with Crippen LogP contribution in [0.1, 0.15) is 51.1 Å². The first kappa shape index (κ1) is 14.9. The molecule has 0 bridgehead atoms. The molecule has 0 radical (unpaired) electrons. The normalized spacial score (nSPS) is 16.9. The molecule has 0 aliphatic carbocycles. The standard InChI is InChI=1S/C16H24N2O2/c1-3-5-6-11(4-2)16(17)12-7-8-14-13(9-12)18-15(19)10-20-14/h7-9,11,16H,3-6,10,17H2,1-2H3,(H,18,19). The number of carbonyl (C=O) groups is 1. The van der Waals surface area contributed by atoms with Gasteiger partial charge in [-0.3, -0.25) is 4.79 Å². The number of anilines is 1. The van der Waals surface area contributed by atoms with Crippen molar-refractivity contribution < 1.29 is 9.53 Å². The van der Waals surface area contributed by atoms with Crippen molar-refractivity contribution in [3.8, 4) is 5.75 Å². The third kappa shape index (κ3) is 3.31. The van der Waals surface area contributed by atoms with Gasteiger partial charge in [0.15, 0.2) is 6.61 Å². The van der Waals surface area contributed by atoms with Crippen LogP contribution >= 0.6 is 0 Å². The zero-order valence-corrected chi connectivity index (χ0v) is 12.3. The number of nitrogens with one attached hydrogen (secondary N) is 1. The van der Waals surface area contributed by atoms with Gasteiger partial charge in [0.25, 0.3) is 5.91 Å². The summed E-state index contributed by atoms with van der Waals surface area (Å²) in [5, 5.41) is 2.84. The Morgan fingerprint density at radius 2 is 2.20 bits per heavy atom. The van der Waals surface area contributed by atoms with Crippen LogP contribution in [0.15, 0.2) is 18.2 Å². The fourth-order valence-corrected chi connectivity index (χ4v) is 2.68. The van der Waals surface area contributed by atoms with E-state index in [4.69, 9.17) is 10.5 Å². The first-order chi connectivity index (χ1) is 9.65. The van der Waals surface area contributed by atoms with Crippen LogP contribution < -0.4 is 15.8 Å². The van der Waals surface area contributed by atoms with Gasteiger partial charge in [0.05, 0.1) is 5.69 Å². The predicted octanol–water partition coefficient (Wildman–Crippen LogP) is 3.23. The Hall–Kier alpha value is -1.55. The van der Waals surface area contributed by atoms with Gasteiger partial charge in [-0.1, -0.05) is 39.2 Å². The lowest BCUT2D eigenvalue weighted by atomic mass is 9.87. The average molecular weight is 276 g/mol. The summed E-state index contributed by atoms with van der Waals surface area (Å²) in [6.07, 6.45) is 4.61. The number of unbranched alkanes of at least 4 members (excludes halogenated alkanes) is 1. The highest BCUT2D eigenvalue weighted by molar-refractivity contribution is 5.95. The van der Waals surface area contributed by atoms with Crippen molar-refractivity contribution in [2.45, 2.75) is 45.6 Å². The number of amides is 1. The Kier molecular flexibility index (Phi) is 5.01. The Morgan fingerprint density at radius 3 is 2.90 bits per heavy atom. The SMILES string of the molecule is CCCCC(CC)C(N)c1ccc2c(c1)NC(=O)CO2. The number of hydrogen-bond donors (Lipinski definition) is 2. The maximum atomic E-state index is 11.4. The molecule has 1 amide bonds. The van der Waals surface area contributed by atoms with Gasteiger partial charge < -0.3 is 15.8 Å². The number of hydrogen-bond acceptors (Lipinski definition) is 3. The van der Waals surface area contributed by atoms with Crippen molar-refractivity contribution in [3.63, 3.8) is 0 Å². The maximum Gasteiger partial charge on any atom is 0.262 e. The van der Waals surface area contributed by atoms with Gasteiger partial charge in [-0.05, 0) is 30.0 Å². The van der Waals surface area contributed by atoms with Crippen molar-refractivity contribution in [2.24, 2.45) is 11.7 Å². The van der Waals surface area contributed by atoms with Crippen molar-refractivity contribution >= 4 is 11.6 Å². The first-order valence-electron chi connectivity index (χ1n) is 7.47. The summed E-state index contributed by atoms with van der Waals surface area (Å²) < 4.78 is 5.37. The molecule has 110 valence electrons. The molecular formula is C16H24N2O2. The van der Waals surface area contributed by atoms with E-state index in [9.17, 15) is 4.79 Å². The van der Waals surface area contributed by atoms with E-state index in [1.54, 1.807) is 0 Å². The summed E-state index contributed by atoms with van der Waals surface area (Å²) in [4.78, 5) is 11.4. The quantitative estimate of drug-likeness (QED) is 0.838. The molecule has 2 unspecified atom stereocenters. The molecule has 3 N–H and O–H groups in total. The zero-order valence-electron chi connectivity index (χ0n) is 12.3. The molecule has 0 spiro atoms. The first-order valence-corrected chi connectivity index (χ1v) is 7.47. The average Bonchev–Trinajstić information content (AvgIpc) is 2.47. The number of carbonyl (C=O) groups excluding carboxylic acids is 1. The van der Waals surface area contributed by atoms with E-state index >= 15 is 0 Å². The van der Waals surface area contributed by atoms with E-state index in [-0.39, 0.29) is 18.6 Å². The van der Waals surface area contributed by atoms with E-state index < -0.39 is 0 Å². The molecule has 1 aromatic carbocycles. The minimum absolute atomic E-state index is 0.00989. The second kappa shape index (κ2) is 6.75. The molecule has 0 saturated heterocycles. The Bertz CT molecular complexity index is 474. The van der Waals surface area contributed by atoms with Gasteiger partial charge in [-0.15, -0.1) is 0 Å². The summed E-state index contributed by atoms with van der Waals surface area (Å²) >= 11 is 0. The van der Waals surface area contributed by atoms with Crippen LogP contribution in [0, 0.1) is 5.92 Å². The monoisotopic (exact) mass is 276 g/mol. The summed E-state index contributed by atoms with van der Waals surface area (Å²) in [6.45, 7) is 4.47. The summed E-state index contributed by atoms with van der Waals surface area (Å²) in [5.41, 5.74) is 8.21. The lowest BCUT2D eigenvalue weighted by molar-refractivity contribution is -0.118. The molecule has 4 nitrogen and oxygen atoms in total. The molecule has 2 atom stereocenters. The Labute approximate surface area is 120 Å². The number of fused-ring (bicyclic) bond motifs is 1. The van der Waals surface area contributed by atoms with Crippen molar-refractivity contribution in [1.82, 2.24) is 0 Å². The van der Waals surface area contributed by atoms with Crippen LogP contribution in [0.4, 0.5) is 5.69 Å². The van der Waals surface area contributed by atoms with Crippen molar-refractivity contribution in [2.75, 3.05) is 11.9 Å². The van der Waals surface area contributed by atoms with Gasteiger partial charge >= 0.3 is 0 Å². The Morgan fingerprint density at radius 1 is 1.40 bits per heavy atom. The number of rotatable bonds is 6. The molecule has 1 aliphatic heterocycles. The van der Waals surface area contributed by atoms with Crippen molar-refractivity contribution in [1.29, 1.82) is 0 Å². The van der Waals surface area contributed by atoms with Gasteiger partial charge in [-0.2, -0.15) is 0 Å². The molecule has 0 fully saturated rings. The van der Waals surface area contributed by atoms with E-state index in [0.717, 1.165) is 29.8 Å². The van der Waals surface area contributed by atoms with Gasteiger partial charge in [0.2, 0.25) is 0 Å². The minimum atomic E-state index is -0.110. The second-order valence-corrected chi connectivity index (χ2v) is 5.43. The van der Waals surface area contributed by atoms with Gasteiger partial charge in [0, 0.05) is 6.04 Å². The molecule has 0 saturated carbocycles. The van der Waals surface area contributed by atoms with Crippen LogP contribution in [-0.4, -0.2) is 12.5 Å². The highest BCUT2D eigenvalue weighted by Gasteiger charge is 2.21. The lowest BCUT2D eigenvalue weighted by Crippen LogP contribution is -2.26. The zero-order chi connectivity index (χ0) is 14.5. The molecule has 0 aromatic heterocycles. The van der Waals surface area contributed by atoms with Gasteiger partial charge in [-0.25, -0.2) is 0 Å². The molecule has 20 heavy (non-hydrogen) atoms. The number of nitrogens with two attached hydrogens (primary N) is 1. The van der Waals surface area contributed by atoms with Crippen LogP contribution in [0.3, 0.4) is 0 Å². The number of ether oxygens (including phenoxy) is 1. The molecule has 1 heterocycles. The fraction of sp³-hybridized carbons (Fsp3) is 0.562. The lowest BCUT2D eigenvalue weighted by Gasteiger charge is -2.25. The van der Waals surface area contributed by atoms with Crippen molar-refractivity contribution in [3.05, 3.63) is 23.8 Å². The fourth-order valence-electron chi connectivity index (χ4n) is 2.68. The highest BCUT2D eigenvalue weighted by atomic mass is 16.5. The summed E-state index contributed by atoms with van der Waals surface area (Å²) in [6, 6.07) is 5.87. The summed E-state index contributed by atoms with van der Waals surface area (Å²) in [7, 11) is 0. The predicted molar refractivity (Wildman–Crippen MR) is 80.8 cm³/mol. The molecule has 2 rings (SSSR count). The Balaban J connectivity index is 2.15. The van der Waals surface area contributed by atoms with Crippen LogP contribution in [0.5, 0.6) is 5.75 Å². The largest absolute Gasteiger partial charge is 0.482 e. The molecule has 4 heteroatoms. The van der Waals surface area contributed by atoms with Gasteiger partial charge in [0.1, 0.15) is 5.75 Å². The topological polar surface area (TPSA) is 64.3 Å². The highest BCUT2D eigenvalue weighted by Crippen LogP contribution is 2.33. The van der Waals surface area contributed by atoms with E-state index in [1.165, 1.54) is 12.8 Å². The summed E-state index contributed by atoms with van der Waals surface area (Å²) in [5.74, 6) is 1.09. The van der Waals surface area contributed by atoms with E-state index in [2.05, 4.69) is 19.2 Å². The molecule has 1 aliphatic rings. The number of benzene rings is 1. The third-order valence-corrected chi connectivity index (χ3v) is 3.98. The third-order valence-electron chi connectivity index (χ3n) is 3.98. The van der Waals surface area contributed by atoms with E-state index in [1.807, 2.05) is 18.2 Å². The maximum absolute atomic E-state index is 11.4. The van der Waals surface area contributed by atoms with Crippen LogP contribution in [-0.2, 0) is 4.79 Å². The second-order valence-electron chi connectivity index (χ2n) is 5.43. The smallest absolute Gasteiger partial charge is 0.262 e. The minimum Gasteiger partial charge on any atom is -0.482 e.